The summed E-state index contributed by atoms with van der Waals surface area (Å²) >= 11 is 0. The Balaban J connectivity index is 2.05. The summed E-state index contributed by atoms with van der Waals surface area (Å²) in [6.45, 7) is 6.48. The zero-order valence-corrected chi connectivity index (χ0v) is 11.9. The third-order valence-electron chi connectivity index (χ3n) is 3.61. The Labute approximate surface area is 119 Å². The van der Waals surface area contributed by atoms with E-state index in [0.717, 1.165) is 38.2 Å². The Morgan fingerprint density at radius 2 is 2.05 bits per heavy atom. The predicted octanol–water partition coefficient (Wildman–Crippen LogP) is 1.24. The van der Waals surface area contributed by atoms with Gasteiger partial charge in [-0.15, -0.1) is 0 Å². The number of hydrogen-bond acceptors (Lipinski definition) is 3. The fourth-order valence-electron chi connectivity index (χ4n) is 2.62. The number of amides is 1. The molecule has 2 N–H and O–H groups in total. The molecular weight excluding hydrogens is 257 g/mol. The minimum absolute atomic E-state index is 0.0813. The maximum absolute atomic E-state index is 13.4. The van der Waals surface area contributed by atoms with Crippen LogP contribution >= 0.6 is 0 Å². The van der Waals surface area contributed by atoms with Gasteiger partial charge in [-0.1, -0.05) is 0 Å². The minimum Gasteiger partial charge on any atom is -0.337 e. The maximum Gasteiger partial charge on any atom is 0.254 e. The first kappa shape index (κ1) is 14.9. The van der Waals surface area contributed by atoms with Crippen molar-refractivity contribution in [1.29, 1.82) is 0 Å². The quantitative estimate of drug-likeness (QED) is 0.905. The summed E-state index contributed by atoms with van der Waals surface area (Å²) in [5.41, 5.74) is 6.78. The van der Waals surface area contributed by atoms with Gasteiger partial charge in [0.2, 0.25) is 0 Å². The number of aryl methyl sites for hydroxylation is 1. The first-order valence-corrected chi connectivity index (χ1v) is 7.09. The molecule has 1 aromatic rings. The summed E-state index contributed by atoms with van der Waals surface area (Å²) in [7, 11) is 0. The van der Waals surface area contributed by atoms with Gasteiger partial charge >= 0.3 is 0 Å². The topological polar surface area (TPSA) is 49.6 Å². The van der Waals surface area contributed by atoms with E-state index in [4.69, 9.17) is 5.73 Å². The van der Waals surface area contributed by atoms with Gasteiger partial charge in [0.05, 0.1) is 0 Å². The molecule has 1 amide bonds. The van der Waals surface area contributed by atoms with Crippen molar-refractivity contribution in [2.75, 3.05) is 39.3 Å². The average Bonchev–Trinajstić information content (AvgIpc) is 2.63. The molecule has 1 fully saturated rings. The number of nitrogens with two attached hydrogens (primary N) is 1. The molecule has 4 nitrogen and oxygen atoms in total. The molecule has 2 rings (SSSR count). The Bertz CT molecular complexity index is 458. The Morgan fingerprint density at radius 3 is 2.75 bits per heavy atom. The van der Waals surface area contributed by atoms with Crippen molar-refractivity contribution in [2.45, 2.75) is 13.3 Å². The molecule has 1 aromatic carbocycles. The molecule has 0 unspecified atom stereocenters. The average molecular weight is 279 g/mol. The Kier molecular flexibility index (Phi) is 5.09. The van der Waals surface area contributed by atoms with Crippen LogP contribution in [0.25, 0.3) is 0 Å². The largest absolute Gasteiger partial charge is 0.337 e. The molecular formula is C15H22FN3O. The van der Waals surface area contributed by atoms with Crippen LogP contribution in [-0.2, 0) is 0 Å². The van der Waals surface area contributed by atoms with E-state index < -0.39 is 0 Å². The smallest absolute Gasteiger partial charge is 0.254 e. The van der Waals surface area contributed by atoms with Crippen molar-refractivity contribution in [2.24, 2.45) is 5.73 Å². The second-order valence-corrected chi connectivity index (χ2v) is 5.29. The van der Waals surface area contributed by atoms with Crippen molar-refractivity contribution in [3.8, 4) is 0 Å². The minimum atomic E-state index is -0.354. The fraction of sp³-hybridized carbons (Fsp3) is 0.533. The Hall–Kier alpha value is -1.46. The molecule has 110 valence electrons. The van der Waals surface area contributed by atoms with Crippen LogP contribution in [0, 0.1) is 12.7 Å². The monoisotopic (exact) mass is 279 g/mol. The summed E-state index contributed by atoms with van der Waals surface area (Å²) < 4.78 is 13.4. The third-order valence-corrected chi connectivity index (χ3v) is 3.61. The predicted molar refractivity (Wildman–Crippen MR) is 77.2 cm³/mol. The molecule has 0 aliphatic carbocycles. The van der Waals surface area contributed by atoms with Crippen LogP contribution in [0.15, 0.2) is 18.2 Å². The van der Waals surface area contributed by atoms with Crippen LogP contribution in [0.2, 0.25) is 0 Å². The van der Waals surface area contributed by atoms with Crippen molar-refractivity contribution in [3.05, 3.63) is 35.1 Å². The maximum atomic E-state index is 13.4. The summed E-state index contributed by atoms with van der Waals surface area (Å²) in [6.07, 6.45) is 0.931. The highest BCUT2D eigenvalue weighted by Gasteiger charge is 2.20. The second-order valence-electron chi connectivity index (χ2n) is 5.29. The lowest BCUT2D eigenvalue weighted by Crippen LogP contribution is -2.36. The standard InChI is InChI=1S/C15H22FN3O/c1-12-9-13(11-14(16)10-12)15(20)19-5-2-4-18(6-3-17)7-8-19/h9-11H,2-8,17H2,1H3. The van der Waals surface area contributed by atoms with Crippen molar-refractivity contribution in [1.82, 2.24) is 9.80 Å². The number of benzene rings is 1. The molecule has 5 heteroatoms. The lowest BCUT2D eigenvalue weighted by atomic mass is 10.1. The van der Waals surface area contributed by atoms with E-state index in [2.05, 4.69) is 4.90 Å². The van der Waals surface area contributed by atoms with Crippen molar-refractivity contribution < 1.29 is 9.18 Å². The van der Waals surface area contributed by atoms with E-state index in [1.807, 2.05) is 4.90 Å². The van der Waals surface area contributed by atoms with E-state index in [0.29, 0.717) is 18.7 Å². The number of nitrogens with zero attached hydrogens (tertiary/aromatic N) is 2. The summed E-state index contributed by atoms with van der Waals surface area (Å²) in [5, 5.41) is 0. The Morgan fingerprint density at radius 1 is 1.25 bits per heavy atom. The summed E-state index contributed by atoms with van der Waals surface area (Å²) in [5.74, 6) is -0.435. The van der Waals surface area contributed by atoms with Gasteiger partial charge in [-0.25, -0.2) is 4.39 Å². The molecule has 1 saturated heterocycles. The zero-order chi connectivity index (χ0) is 14.5. The van der Waals surface area contributed by atoms with Gasteiger partial charge in [0, 0.05) is 38.3 Å². The molecule has 0 aromatic heterocycles. The van der Waals surface area contributed by atoms with Gasteiger partial charge < -0.3 is 15.5 Å². The highest BCUT2D eigenvalue weighted by atomic mass is 19.1. The van der Waals surface area contributed by atoms with Crippen molar-refractivity contribution >= 4 is 5.91 Å². The summed E-state index contributed by atoms with van der Waals surface area (Å²) in [6, 6.07) is 4.49. The number of carbonyl (C=O) groups excluding carboxylic acids is 1. The van der Waals surface area contributed by atoms with Gasteiger partial charge in [-0.05, 0) is 43.7 Å². The number of rotatable bonds is 3. The molecule has 1 aliphatic rings. The summed E-state index contributed by atoms with van der Waals surface area (Å²) in [4.78, 5) is 16.5. The fourth-order valence-corrected chi connectivity index (χ4v) is 2.62. The molecule has 1 aliphatic heterocycles. The van der Waals surface area contributed by atoms with Gasteiger partial charge in [0.25, 0.3) is 5.91 Å². The van der Waals surface area contributed by atoms with E-state index in [1.165, 1.54) is 12.1 Å². The number of carbonyl (C=O) groups is 1. The van der Waals surface area contributed by atoms with Crippen LogP contribution < -0.4 is 5.73 Å². The lowest BCUT2D eigenvalue weighted by molar-refractivity contribution is 0.0761. The van der Waals surface area contributed by atoms with Crippen LogP contribution in [0.4, 0.5) is 4.39 Å². The van der Waals surface area contributed by atoms with Crippen LogP contribution in [0.5, 0.6) is 0 Å². The van der Waals surface area contributed by atoms with Gasteiger partial charge in [0.1, 0.15) is 5.82 Å². The molecule has 0 atom stereocenters. The van der Waals surface area contributed by atoms with Gasteiger partial charge in [-0.2, -0.15) is 0 Å². The highest BCUT2D eigenvalue weighted by Crippen LogP contribution is 2.13. The second kappa shape index (κ2) is 6.81. The molecule has 0 saturated carbocycles. The highest BCUT2D eigenvalue weighted by molar-refractivity contribution is 5.94. The van der Waals surface area contributed by atoms with E-state index in [9.17, 15) is 9.18 Å². The normalized spacial score (nSPS) is 17.1. The van der Waals surface area contributed by atoms with Gasteiger partial charge in [0.15, 0.2) is 0 Å². The van der Waals surface area contributed by atoms with E-state index in [-0.39, 0.29) is 11.7 Å². The number of hydrogen-bond donors (Lipinski definition) is 1. The lowest BCUT2D eigenvalue weighted by Gasteiger charge is -2.22. The van der Waals surface area contributed by atoms with E-state index >= 15 is 0 Å². The molecule has 0 spiro atoms. The number of halogens is 1. The molecule has 20 heavy (non-hydrogen) atoms. The van der Waals surface area contributed by atoms with Crippen molar-refractivity contribution in [3.63, 3.8) is 0 Å². The third kappa shape index (κ3) is 3.77. The molecule has 0 bridgehead atoms. The van der Waals surface area contributed by atoms with Crippen LogP contribution in [0.3, 0.4) is 0 Å². The first-order chi connectivity index (χ1) is 9.60. The van der Waals surface area contributed by atoms with Gasteiger partial charge in [-0.3, -0.25) is 4.79 Å². The van der Waals surface area contributed by atoms with Crippen LogP contribution in [0.1, 0.15) is 22.3 Å². The first-order valence-electron chi connectivity index (χ1n) is 7.09. The van der Waals surface area contributed by atoms with E-state index in [1.54, 1.807) is 13.0 Å². The molecule has 1 heterocycles. The SMILES string of the molecule is Cc1cc(F)cc(C(=O)N2CCCN(CCN)CC2)c1. The van der Waals surface area contributed by atoms with Crippen LogP contribution in [-0.4, -0.2) is 55.0 Å². The molecule has 0 radical (unpaired) electrons. The zero-order valence-electron chi connectivity index (χ0n) is 11.9.